The molecule has 0 atom stereocenters. The van der Waals surface area contributed by atoms with Gasteiger partial charge in [-0.2, -0.15) is 0 Å². The monoisotopic (exact) mass is 246 g/mol. The molecule has 7 heteroatoms. The van der Waals surface area contributed by atoms with E-state index in [1.54, 1.807) is 6.07 Å². The Kier molecular flexibility index (Phi) is 3.42. The van der Waals surface area contributed by atoms with E-state index in [1.165, 1.54) is 32.7 Å². The van der Waals surface area contributed by atoms with Crippen molar-refractivity contribution >= 4 is 5.78 Å². The van der Waals surface area contributed by atoms with E-state index in [0.717, 1.165) is 0 Å². The zero-order valence-corrected chi connectivity index (χ0v) is 9.82. The molecule has 0 N–H and O–H groups in total. The van der Waals surface area contributed by atoms with Gasteiger partial charge >= 0.3 is 0 Å². The number of hydrogen-bond acceptors (Lipinski definition) is 7. The van der Waals surface area contributed by atoms with Crippen molar-refractivity contribution < 1.29 is 14.3 Å². The number of ketones is 1. The minimum Gasteiger partial charge on any atom is -0.480 e. The summed E-state index contributed by atoms with van der Waals surface area (Å²) >= 11 is 0. The average molecular weight is 246 g/mol. The number of rotatable bonds is 4. The van der Waals surface area contributed by atoms with Gasteiger partial charge in [-0.05, 0) is 6.07 Å². The maximum Gasteiger partial charge on any atom is 0.243 e. The van der Waals surface area contributed by atoms with Crippen LogP contribution < -0.4 is 9.47 Å². The smallest absolute Gasteiger partial charge is 0.243 e. The molecule has 0 radical (unpaired) electrons. The lowest BCUT2D eigenvalue weighted by molar-refractivity contribution is 0.102. The van der Waals surface area contributed by atoms with Crippen LogP contribution in [0.2, 0.25) is 0 Å². The summed E-state index contributed by atoms with van der Waals surface area (Å²) < 4.78 is 9.83. The summed E-state index contributed by atoms with van der Waals surface area (Å²) in [6, 6.07) is 3.05. The highest BCUT2D eigenvalue weighted by atomic mass is 16.5. The molecular formula is C11H10N4O3. The summed E-state index contributed by atoms with van der Waals surface area (Å²) in [5.74, 6) is 0.0767. The Bertz CT molecular complexity index is 556. The number of hydrogen-bond donors (Lipinski definition) is 0. The molecule has 0 aliphatic carbocycles. The summed E-state index contributed by atoms with van der Waals surface area (Å²) in [5.41, 5.74) is 0.245. The molecule has 2 heterocycles. The van der Waals surface area contributed by atoms with Crippen LogP contribution in [-0.2, 0) is 0 Å². The molecule has 0 unspecified atom stereocenters. The quantitative estimate of drug-likeness (QED) is 0.726. The second-order valence-electron chi connectivity index (χ2n) is 3.20. The fourth-order valence-corrected chi connectivity index (χ4v) is 1.30. The lowest BCUT2D eigenvalue weighted by atomic mass is 10.2. The van der Waals surface area contributed by atoms with Gasteiger partial charge in [-0.1, -0.05) is 0 Å². The van der Waals surface area contributed by atoms with Gasteiger partial charge in [0.2, 0.25) is 17.5 Å². The molecule has 0 aliphatic rings. The zero-order chi connectivity index (χ0) is 13.0. The Balaban J connectivity index is 2.35. The SMILES string of the molecule is COc1ccc(C(=O)c2nccnc2OC)nn1. The molecule has 0 aromatic carbocycles. The molecule has 0 saturated heterocycles. The molecule has 0 fully saturated rings. The molecule has 0 amide bonds. The third-order valence-corrected chi connectivity index (χ3v) is 2.15. The van der Waals surface area contributed by atoms with E-state index in [1.807, 2.05) is 0 Å². The van der Waals surface area contributed by atoms with Gasteiger partial charge in [0.1, 0.15) is 5.69 Å². The maximum absolute atomic E-state index is 12.1. The fourth-order valence-electron chi connectivity index (χ4n) is 1.30. The Morgan fingerprint density at radius 2 is 1.83 bits per heavy atom. The van der Waals surface area contributed by atoms with Crippen molar-refractivity contribution in [1.82, 2.24) is 20.2 Å². The molecule has 0 bridgehead atoms. The van der Waals surface area contributed by atoms with Crippen LogP contribution in [0.3, 0.4) is 0 Å². The van der Waals surface area contributed by atoms with Crippen LogP contribution in [0.5, 0.6) is 11.8 Å². The lowest BCUT2D eigenvalue weighted by Crippen LogP contribution is -2.10. The Morgan fingerprint density at radius 3 is 2.44 bits per heavy atom. The van der Waals surface area contributed by atoms with Crippen LogP contribution in [0.4, 0.5) is 0 Å². The Labute approximate surface area is 103 Å². The molecule has 0 spiro atoms. The Hall–Kier alpha value is -2.57. The van der Waals surface area contributed by atoms with E-state index in [4.69, 9.17) is 9.47 Å². The van der Waals surface area contributed by atoms with Crippen molar-refractivity contribution in [2.24, 2.45) is 0 Å². The summed E-state index contributed by atoms with van der Waals surface area (Å²) in [5, 5.41) is 7.47. The Morgan fingerprint density at radius 1 is 1.06 bits per heavy atom. The molecule has 0 aliphatic heterocycles. The van der Waals surface area contributed by atoms with E-state index in [-0.39, 0.29) is 17.3 Å². The third-order valence-electron chi connectivity index (χ3n) is 2.15. The van der Waals surface area contributed by atoms with Crippen molar-refractivity contribution in [1.29, 1.82) is 0 Å². The first-order chi connectivity index (χ1) is 8.76. The van der Waals surface area contributed by atoms with Crippen molar-refractivity contribution in [3.8, 4) is 11.8 Å². The van der Waals surface area contributed by atoms with Crippen molar-refractivity contribution in [2.75, 3.05) is 14.2 Å². The van der Waals surface area contributed by atoms with E-state index in [9.17, 15) is 4.79 Å². The first-order valence-corrected chi connectivity index (χ1v) is 5.03. The van der Waals surface area contributed by atoms with Crippen LogP contribution in [0.15, 0.2) is 24.5 Å². The summed E-state index contributed by atoms with van der Waals surface area (Å²) in [6.07, 6.45) is 2.85. The van der Waals surface area contributed by atoms with Crippen molar-refractivity contribution in [3.05, 3.63) is 35.9 Å². The molecule has 92 valence electrons. The van der Waals surface area contributed by atoms with Crippen molar-refractivity contribution in [2.45, 2.75) is 0 Å². The maximum atomic E-state index is 12.1. The number of nitrogens with zero attached hydrogens (tertiary/aromatic N) is 4. The highest BCUT2D eigenvalue weighted by Crippen LogP contribution is 2.15. The van der Waals surface area contributed by atoms with Gasteiger partial charge < -0.3 is 9.47 Å². The molecule has 2 rings (SSSR count). The highest BCUT2D eigenvalue weighted by Gasteiger charge is 2.18. The number of aromatic nitrogens is 4. The topological polar surface area (TPSA) is 87.1 Å². The number of ether oxygens (including phenoxy) is 2. The summed E-state index contributed by atoms with van der Waals surface area (Å²) in [4.78, 5) is 19.9. The molecule has 2 aromatic heterocycles. The van der Waals surface area contributed by atoms with Crippen LogP contribution in [0, 0.1) is 0 Å². The van der Waals surface area contributed by atoms with Gasteiger partial charge in [-0.25, -0.2) is 9.97 Å². The summed E-state index contributed by atoms with van der Waals surface area (Å²) in [6.45, 7) is 0. The average Bonchev–Trinajstić information content (AvgIpc) is 2.46. The molecular weight excluding hydrogens is 236 g/mol. The number of methoxy groups -OCH3 is 2. The van der Waals surface area contributed by atoms with Gasteiger partial charge in [0.25, 0.3) is 0 Å². The summed E-state index contributed by atoms with van der Waals surface area (Å²) in [7, 11) is 2.89. The predicted octanol–water partition coefficient (Wildman–Crippen LogP) is 0.515. The van der Waals surface area contributed by atoms with Crippen LogP contribution in [0.25, 0.3) is 0 Å². The molecule has 0 saturated carbocycles. The minimum atomic E-state index is -0.407. The largest absolute Gasteiger partial charge is 0.480 e. The number of carbonyl (C=O) groups excluding carboxylic acids is 1. The standard InChI is InChI=1S/C11H10N4O3/c1-17-8-4-3-7(14-15-8)10(16)9-11(18-2)13-6-5-12-9/h3-6H,1-2H3. The second kappa shape index (κ2) is 5.17. The van der Waals surface area contributed by atoms with Gasteiger partial charge in [0, 0.05) is 18.5 Å². The van der Waals surface area contributed by atoms with E-state index < -0.39 is 5.78 Å². The van der Waals surface area contributed by atoms with Crippen LogP contribution in [0.1, 0.15) is 16.2 Å². The van der Waals surface area contributed by atoms with Crippen LogP contribution >= 0.6 is 0 Å². The van der Waals surface area contributed by atoms with Crippen molar-refractivity contribution in [3.63, 3.8) is 0 Å². The lowest BCUT2D eigenvalue weighted by Gasteiger charge is -2.04. The fraction of sp³-hybridized carbons (Fsp3) is 0.182. The van der Waals surface area contributed by atoms with Crippen LogP contribution in [-0.4, -0.2) is 40.2 Å². The first kappa shape index (κ1) is 11.9. The first-order valence-electron chi connectivity index (χ1n) is 5.03. The molecule has 2 aromatic rings. The van der Waals surface area contributed by atoms with Gasteiger partial charge in [0.05, 0.1) is 14.2 Å². The molecule has 18 heavy (non-hydrogen) atoms. The van der Waals surface area contributed by atoms with Gasteiger partial charge in [0.15, 0.2) is 5.69 Å². The number of carbonyl (C=O) groups is 1. The van der Waals surface area contributed by atoms with E-state index >= 15 is 0 Å². The zero-order valence-electron chi connectivity index (χ0n) is 9.82. The molecule has 7 nitrogen and oxygen atoms in total. The highest BCUT2D eigenvalue weighted by molar-refractivity contribution is 6.07. The predicted molar refractivity (Wildman–Crippen MR) is 60.6 cm³/mol. The van der Waals surface area contributed by atoms with E-state index in [2.05, 4.69) is 20.2 Å². The minimum absolute atomic E-state index is 0.0967. The normalized spacial score (nSPS) is 9.89. The second-order valence-corrected chi connectivity index (χ2v) is 3.20. The third kappa shape index (κ3) is 2.24. The van der Waals surface area contributed by atoms with Gasteiger partial charge in [-0.3, -0.25) is 4.79 Å². The van der Waals surface area contributed by atoms with Gasteiger partial charge in [-0.15, -0.1) is 10.2 Å². The van der Waals surface area contributed by atoms with E-state index in [0.29, 0.717) is 5.88 Å².